The summed E-state index contributed by atoms with van der Waals surface area (Å²) in [5, 5.41) is 6.90. The summed E-state index contributed by atoms with van der Waals surface area (Å²) in [6.07, 6.45) is 7.30. The van der Waals surface area contributed by atoms with E-state index >= 15 is 0 Å². The van der Waals surface area contributed by atoms with Crippen LogP contribution in [0.4, 0.5) is 0 Å². The molecule has 2 aliphatic heterocycles. The standard InChI is InChI=1S/C20H40N4O2/c1-20(2,24-11-5-4-6-12-24)17-23-19(21-3)22-10-7-13-26-16-18-8-14-25-15-9-18/h18H,4-17H2,1-3H3,(H2,21,22,23). The molecule has 6 nitrogen and oxygen atoms in total. The summed E-state index contributed by atoms with van der Waals surface area (Å²) < 4.78 is 11.2. The molecule has 2 aliphatic rings. The molecule has 0 atom stereocenters. The topological polar surface area (TPSA) is 58.1 Å². The summed E-state index contributed by atoms with van der Waals surface area (Å²) >= 11 is 0. The molecule has 2 fully saturated rings. The first-order valence-electron chi connectivity index (χ1n) is 10.5. The van der Waals surface area contributed by atoms with Crippen LogP contribution in [-0.4, -0.2) is 76.1 Å². The van der Waals surface area contributed by atoms with Crippen molar-refractivity contribution in [3.63, 3.8) is 0 Å². The Hall–Kier alpha value is -0.850. The number of hydrogen-bond acceptors (Lipinski definition) is 4. The molecule has 0 radical (unpaired) electrons. The third kappa shape index (κ3) is 7.80. The number of rotatable bonds is 9. The van der Waals surface area contributed by atoms with E-state index in [0.29, 0.717) is 5.92 Å². The Morgan fingerprint density at radius 2 is 1.88 bits per heavy atom. The van der Waals surface area contributed by atoms with Crippen molar-refractivity contribution in [2.24, 2.45) is 10.9 Å². The SMILES string of the molecule is CN=C(NCCCOCC1CCOCC1)NCC(C)(C)N1CCCCC1. The van der Waals surface area contributed by atoms with Gasteiger partial charge in [-0.1, -0.05) is 6.42 Å². The minimum Gasteiger partial charge on any atom is -0.381 e. The van der Waals surface area contributed by atoms with Crippen molar-refractivity contribution >= 4 is 5.96 Å². The number of aliphatic imine (C=N–C) groups is 1. The van der Waals surface area contributed by atoms with Gasteiger partial charge in [0.2, 0.25) is 0 Å². The van der Waals surface area contributed by atoms with Crippen LogP contribution in [0.2, 0.25) is 0 Å². The fourth-order valence-electron chi connectivity index (χ4n) is 3.68. The number of likely N-dealkylation sites (tertiary alicyclic amines) is 1. The largest absolute Gasteiger partial charge is 0.381 e. The van der Waals surface area contributed by atoms with Crippen LogP contribution >= 0.6 is 0 Å². The molecule has 2 N–H and O–H groups in total. The van der Waals surface area contributed by atoms with Gasteiger partial charge < -0.3 is 20.1 Å². The van der Waals surface area contributed by atoms with Gasteiger partial charge in [-0.2, -0.15) is 0 Å². The molecule has 6 heteroatoms. The fraction of sp³-hybridized carbons (Fsp3) is 0.950. The molecular formula is C20H40N4O2. The van der Waals surface area contributed by atoms with E-state index in [1.165, 1.54) is 32.4 Å². The van der Waals surface area contributed by atoms with Gasteiger partial charge in [0.1, 0.15) is 0 Å². The molecule has 2 saturated heterocycles. The normalized spacial score (nSPS) is 21.0. The fourth-order valence-corrected chi connectivity index (χ4v) is 3.68. The van der Waals surface area contributed by atoms with Gasteiger partial charge in [0.05, 0.1) is 0 Å². The first-order chi connectivity index (χ1) is 12.6. The average molecular weight is 369 g/mol. The first kappa shape index (κ1) is 21.5. The van der Waals surface area contributed by atoms with Crippen molar-refractivity contribution in [2.45, 2.75) is 57.9 Å². The molecule has 26 heavy (non-hydrogen) atoms. The molecule has 0 aromatic rings. The van der Waals surface area contributed by atoms with Gasteiger partial charge in [-0.3, -0.25) is 9.89 Å². The third-order valence-corrected chi connectivity index (χ3v) is 5.58. The van der Waals surface area contributed by atoms with Crippen LogP contribution in [0.3, 0.4) is 0 Å². The second kappa shape index (κ2) is 11.8. The van der Waals surface area contributed by atoms with Crippen LogP contribution in [0.5, 0.6) is 0 Å². The monoisotopic (exact) mass is 368 g/mol. The van der Waals surface area contributed by atoms with Crippen LogP contribution < -0.4 is 10.6 Å². The highest BCUT2D eigenvalue weighted by molar-refractivity contribution is 5.79. The Kier molecular flexibility index (Phi) is 9.72. The maximum absolute atomic E-state index is 5.82. The van der Waals surface area contributed by atoms with Crippen LogP contribution in [0.15, 0.2) is 4.99 Å². The number of piperidine rings is 1. The average Bonchev–Trinajstić information content (AvgIpc) is 2.68. The highest BCUT2D eigenvalue weighted by atomic mass is 16.5. The van der Waals surface area contributed by atoms with Crippen molar-refractivity contribution in [1.82, 2.24) is 15.5 Å². The minimum absolute atomic E-state index is 0.158. The second-order valence-corrected chi connectivity index (χ2v) is 8.20. The number of nitrogens with one attached hydrogen (secondary N) is 2. The lowest BCUT2D eigenvalue weighted by molar-refractivity contribution is 0.0203. The van der Waals surface area contributed by atoms with Gasteiger partial charge in [-0.25, -0.2) is 0 Å². The maximum Gasteiger partial charge on any atom is 0.191 e. The zero-order valence-corrected chi connectivity index (χ0v) is 17.2. The van der Waals surface area contributed by atoms with E-state index in [1.807, 2.05) is 7.05 Å². The molecule has 0 saturated carbocycles. The van der Waals surface area contributed by atoms with E-state index in [1.54, 1.807) is 0 Å². The van der Waals surface area contributed by atoms with Gasteiger partial charge in [0.25, 0.3) is 0 Å². The van der Waals surface area contributed by atoms with Crippen molar-refractivity contribution in [3.05, 3.63) is 0 Å². The second-order valence-electron chi connectivity index (χ2n) is 8.20. The summed E-state index contributed by atoms with van der Waals surface area (Å²) in [4.78, 5) is 6.95. The minimum atomic E-state index is 0.158. The van der Waals surface area contributed by atoms with E-state index in [4.69, 9.17) is 9.47 Å². The van der Waals surface area contributed by atoms with E-state index in [2.05, 4.69) is 34.4 Å². The van der Waals surface area contributed by atoms with Gasteiger partial charge >= 0.3 is 0 Å². The molecular weight excluding hydrogens is 328 g/mol. The highest BCUT2D eigenvalue weighted by Crippen LogP contribution is 2.19. The van der Waals surface area contributed by atoms with Crippen LogP contribution in [-0.2, 0) is 9.47 Å². The lowest BCUT2D eigenvalue weighted by Gasteiger charge is -2.41. The smallest absolute Gasteiger partial charge is 0.191 e. The van der Waals surface area contributed by atoms with E-state index in [9.17, 15) is 0 Å². The van der Waals surface area contributed by atoms with Crippen LogP contribution in [0.1, 0.15) is 52.4 Å². The zero-order chi connectivity index (χ0) is 18.7. The molecule has 2 heterocycles. The van der Waals surface area contributed by atoms with Crippen molar-refractivity contribution < 1.29 is 9.47 Å². The summed E-state index contributed by atoms with van der Waals surface area (Å²) in [5.74, 6) is 1.57. The van der Waals surface area contributed by atoms with E-state index < -0.39 is 0 Å². The van der Waals surface area contributed by atoms with Crippen molar-refractivity contribution in [2.75, 3.05) is 59.7 Å². The summed E-state index contributed by atoms with van der Waals surface area (Å²) in [5.41, 5.74) is 0.158. The quantitative estimate of drug-likeness (QED) is 0.371. The van der Waals surface area contributed by atoms with Gasteiger partial charge in [0, 0.05) is 52.1 Å². The van der Waals surface area contributed by atoms with Crippen molar-refractivity contribution in [1.29, 1.82) is 0 Å². The molecule has 0 amide bonds. The molecule has 0 spiro atoms. The van der Waals surface area contributed by atoms with E-state index in [0.717, 1.165) is 64.7 Å². The Labute approximate surface area is 160 Å². The molecule has 152 valence electrons. The zero-order valence-electron chi connectivity index (χ0n) is 17.2. The lowest BCUT2D eigenvalue weighted by Crippen LogP contribution is -2.54. The summed E-state index contributed by atoms with van der Waals surface area (Å²) in [6.45, 7) is 12.3. The first-order valence-corrected chi connectivity index (χ1v) is 10.5. The number of nitrogens with zero attached hydrogens (tertiary/aromatic N) is 2. The maximum atomic E-state index is 5.82. The third-order valence-electron chi connectivity index (χ3n) is 5.58. The molecule has 2 rings (SSSR count). The summed E-state index contributed by atoms with van der Waals surface area (Å²) in [7, 11) is 1.84. The Balaban J connectivity index is 1.54. The van der Waals surface area contributed by atoms with E-state index in [-0.39, 0.29) is 5.54 Å². The Morgan fingerprint density at radius 3 is 2.58 bits per heavy atom. The van der Waals surface area contributed by atoms with Crippen LogP contribution in [0, 0.1) is 5.92 Å². The van der Waals surface area contributed by atoms with Crippen LogP contribution in [0.25, 0.3) is 0 Å². The number of ether oxygens (including phenoxy) is 2. The predicted octanol–water partition coefficient (Wildman–Crippen LogP) is 2.25. The predicted molar refractivity (Wildman–Crippen MR) is 108 cm³/mol. The Morgan fingerprint density at radius 1 is 1.15 bits per heavy atom. The molecule has 0 bridgehead atoms. The molecule has 0 aromatic carbocycles. The van der Waals surface area contributed by atoms with Gasteiger partial charge in [-0.05, 0) is 65.0 Å². The van der Waals surface area contributed by atoms with Crippen molar-refractivity contribution in [3.8, 4) is 0 Å². The lowest BCUT2D eigenvalue weighted by atomic mass is 9.98. The number of guanidine groups is 1. The van der Waals surface area contributed by atoms with Gasteiger partial charge in [0.15, 0.2) is 5.96 Å². The number of hydrogen-bond donors (Lipinski definition) is 2. The highest BCUT2D eigenvalue weighted by Gasteiger charge is 2.27. The summed E-state index contributed by atoms with van der Waals surface area (Å²) in [6, 6.07) is 0. The molecule has 0 aromatic heterocycles. The molecule has 0 unspecified atom stereocenters. The Bertz CT molecular complexity index is 403. The van der Waals surface area contributed by atoms with Gasteiger partial charge in [-0.15, -0.1) is 0 Å². The molecule has 0 aliphatic carbocycles.